The summed E-state index contributed by atoms with van der Waals surface area (Å²) in [5.74, 6) is 0.730. The first-order chi connectivity index (χ1) is 9.22. The molecule has 0 aliphatic rings. The van der Waals surface area contributed by atoms with Gasteiger partial charge < -0.3 is 0 Å². The number of fused-ring (bicyclic) bond motifs is 1. The van der Waals surface area contributed by atoms with Gasteiger partial charge in [0.2, 0.25) is 0 Å². The lowest BCUT2D eigenvalue weighted by Crippen LogP contribution is -2.23. The van der Waals surface area contributed by atoms with Crippen molar-refractivity contribution < 1.29 is 0 Å². The maximum atomic E-state index is 12.6. The molecule has 0 aliphatic carbocycles. The lowest BCUT2D eigenvalue weighted by molar-refractivity contribution is 0.836. The van der Waals surface area contributed by atoms with Crippen LogP contribution < -0.4 is 5.56 Å². The van der Waals surface area contributed by atoms with Crippen molar-refractivity contribution in [1.29, 1.82) is 0 Å². The summed E-state index contributed by atoms with van der Waals surface area (Å²) in [5.41, 5.74) is 0.628. The Morgan fingerprint density at radius 2 is 2.11 bits per heavy atom. The molecular weight excluding hydrogens is 280 g/mol. The second-order valence-corrected chi connectivity index (χ2v) is 5.41. The van der Waals surface area contributed by atoms with Crippen LogP contribution in [-0.4, -0.2) is 9.55 Å². The standard InChI is InChI=1S/C14H11ClN2OS/c1-2-12-16-13-9(7-8-19-13)14(18)17(12)11-6-4-3-5-10(11)15/h3-8H,2H2,1H3. The number of thiophene rings is 1. The lowest BCUT2D eigenvalue weighted by Gasteiger charge is -2.12. The van der Waals surface area contributed by atoms with Crippen LogP contribution >= 0.6 is 22.9 Å². The predicted molar refractivity (Wildman–Crippen MR) is 79.6 cm³/mol. The van der Waals surface area contributed by atoms with Crippen LogP contribution in [0.4, 0.5) is 0 Å². The highest BCUT2D eigenvalue weighted by molar-refractivity contribution is 7.16. The van der Waals surface area contributed by atoms with E-state index in [-0.39, 0.29) is 5.56 Å². The maximum absolute atomic E-state index is 12.6. The second-order valence-electron chi connectivity index (χ2n) is 4.11. The third kappa shape index (κ3) is 1.97. The van der Waals surface area contributed by atoms with E-state index in [1.54, 1.807) is 10.6 Å². The van der Waals surface area contributed by atoms with E-state index in [0.717, 1.165) is 10.7 Å². The number of hydrogen-bond donors (Lipinski definition) is 0. The third-order valence-electron chi connectivity index (χ3n) is 2.98. The fourth-order valence-electron chi connectivity index (χ4n) is 2.07. The Kier molecular flexibility index (Phi) is 3.12. The van der Waals surface area contributed by atoms with Crippen molar-refractivity contribution in [3.05, 3.63) is 56.9 Å². The second kappa shape index (κ2) is 4.79. The number of hydrogen-bond acceptors (Lipinski definition) is 3. The number of halogens is 1. The number of aryl methyl sites for hydroxylation is 1. The quantitative estimate of drug-likeness (QED) is 0.722. The molecule has 5 heteroatoms. The van der Waals surface area contributed by atoms with Crippen LogP contribution in [0, 0.1) is 0 Å². The Labute approximate surface area is 119 Å². The molecule has 96 valence electrons. The normalized spacial score (nSPS) is 11.1. The van der Waals surface area contributed by atoms with Crippen LogP contribution in [-0.2, 0) is 6.42 Å². The molecule has 3 aromatic rings. The van der Waals surface area contributed by atoms with Crippen LogP contribution in [0.2, 0.25) is 5.02 Å². The van der Waals surface area contributed by atoms with E-state index in [1.165, 1.54) is 11.3 Å². The highest BCUT2D eigenvalue weighted by atomic mass is 35.5. The van der Waals surface area contributed by atoms with Crippen molar-refractivity contribution in [1.82, 2.24) is 9.55 Å². The smallest absolute Gasteiger partial charge is 0.266 e. The Bertz CT molecular complexity index is 807. The molecule has 0 aliphatic heterocycles. The largest absolute Gasteiger partial charge is 0.268 e. The van der Waals surface area contributed by atoms with Crippen LogP contribution in [0.15, 0.2) is 40.5 Å². The molecule has 0 amide bonds. The van der Waals surface area contributed by atoms with Crippen molar-refractivity contribution >= 4 is 33.2 Å². The van der Waals surface area contributed by atoms with Crippen LogP contribution in [0.1, 0.15) is 12.7 Å². The average Bonchev–Trinajstić information content (AvgIpc) is 2.88. The van der Waals surface area contributed by atoms with E-state index < -0.39 is 0 Å². The molecule has 3 rings (SSSR count). The Balaban J connectivity index is 2.43. The molecular formula is C14H11ClN2OS. The van der Waals surface area contributed by atoms with E-state index in [2.05, 4.69) is 4.98 Å². The van der Waals surface area contributed by atoms with E-state index in [0.29, 0.717) is 22.5 Å². The molecule has 0 N–H and O–H groups in total. The first-order valence-corrected chi connectivity index (χ1v) is 7.22. The molecule has 3 nitrogen and oxygen atoms in total. The number of aromatic nitrogens is 2. The van der Waals surface area contributed by atoms with E-state index >= 15 is 0 Å². The zero-order chi connectivity index (χ0) is 13.4. The molecule has 0 spiro atoms. The van der Waals surface area contributed by atoms with Gasteiger partial charge in [-0.25, -0.2) is 4.98 Å². The molecule has 1 aromatic carbocycles. The minimum atomic E-state index is -0.0591. The average molecular weight is 291 g/mol. The summed E-state index contributed by atoms with van der Waals surface area (Å²) in [7, 11) is 0. The lowest BCUT2D eigenvalue weighted by atomic mass is 10.2. The summed E-state index contributed by atoms with van der Waals surface area (Å²) >= 11 is 7.68. The van der Waals surface area contributed by atoms with Gasteiger partial charge in [-0.05, 0) is 23.6 Å². The van der Waals surface area contributed by atoms with E-state index in [1.807, 2.05) is 36.6 Å². The van der Waals surface area contributed by atoms with Gasteiger partial charge in [-0.1, -0.05) is 30.7 Å². The van der Waals surface area contributed by atoms with Crippen molar-refractivity contribution in [3.63, 3.8) is 0 Å². The summed E-state index contributed by atoms with van der Waals surface area (Å²) in [6.45, 7) is 1.98. The van der Waals surface area contributed by atoms with Crippen molar-refractivity contribution in [2.75, 3.05) is 0 Å². The summed E-state index contributed by atoms with van der Waals surface area (Å²) in [6, 6.07) is 9.13. The number of nitrogens with zero attached hydrogens (tertiary/aromatic N) is 2. The monoisotopic (exact) mass is 290 g/mol. The molecule has 0 unspecified atom stereocenters. The fraction of sp³-hybridized carbons (Fsp3) is 0.143. The summed E-state index contributed by atoms with van der Waals surface area (Å²) in [4.78, 5) is 17.9. The van der Waals surface area contributed by atoms with Gasteiger partial charge in [0.05, 0.1) is 16.1 Å². The zero-order valence-corrected chi connectivity index (χ0v) is 11.8. The van der Waals surface area contributed by atoms with Gasteiger partial charge in [-0.15, -0.1) is 11.3 Å². The van der Waals surface area contributed by atoms with Crippen molar-refractivity contribution in [2.24, 2.45) is 0 Å². The minimum Gasteiger partial charge on any atom is -0.268 e. The molecule has 0 saturated heterocycles. The Morgan fingerprint density at radius 3 is 2.84 bits per heavy atom. The summed E-state index contributed by atoms with van der Waals surface area (Å²) < 4.78 is 1.61. The first-order valence-electron chi connectivity index (χ1n) is 5.96. The number of benzene rings is 1. The molecule has 0 atom stereocenters. The molecule has 2 aromatic heterocycles. The highest BCUT2D eigenvalue weighted by Crippen LogP contribution is 2.22. The van der Waals surface area contributed by atoms with E-state index in [4.69, 9.17) is 11.6 Å². The van der Waals surface area contributed by atoms with Crippen LogP contribution in [0.5, 0.6) is 0 Å². The molecule has 19 heavy (non-hydrogen) atoms. The SMILES string of the molecule is CCc1nc2sccc2c(=O)n1-c1ccccc1Cl. The molecule has 0 saturated carbocycles. The van der Waals surface area contributed by atoms with Crippen molar-refractivity contribution in [3.8, 4) is 5.69 Å². The third-order valence-corrected chi connectivity index (χ3v) is 4.10. The fourth-order valence-corrected chi connectivity index (χ4v) is 3.07. The minimum absolute atomic E-state index is 0.0591. The Morgan fingerprint density at radius 1 is 1.32 bits per heavy atom. The number of para-hydroxylation sites is 1. The van der Waals surface area contributed by atoms with Crippen LogP contribution in [0.3, 0.4) is 0 Å². The zero-order valence-electron chi connectivity index (χ0n) is 10.3. The molecule has 2 heterocycles. The van der Waals surface area contributed by atoms with Gasteiger partial charge >= 0.3 is 0 Å². The van der Waals surface area contributed by atoms with Gasteiger partial charge in [0, 0.05) is 6.42 Å². The summed E-state index contributed by atoms with van der Waals surface area (Å²) in [5, 5.41) is 3.08. The highest BCUT2D eigenvalue weighted by Gasteiger charge is 2.13. The topological polar surface area (TPSA) is 34.9 Å². The maximum Gasteiger partial charge on any atom is 0.266 e. The van der Waals surface area contributed by atoms with Gasteiger partial charge in [0.1, 0.15) is 10.7 Å². The number of rotatable bonds is 2. The first kappa shape index (κ1) is 12.4. The van der Waals surface area contributed by atoms with Gasteiger partial charge in [0.25, 0.3) is 5.56 Å². The summed E-state index contributed by atoms with van der Waals surface area (Å²) in [6.07, 6.45) is 0.675. The van der Waals surface area contributed by atoms with E-state index in [9.17, 15) is 4.79 Å². The van der Waals surface area contributed by atoms with Gasteiger partial charge in [-0.3, -0.25) is 9.36 Å². The molecule has 0 fully saturated rings. The molecule has 0 radical (unpaired) electrons. The molecule has 0 bridgehead atoms. The van der Waals surface area contributed by atoms with Crippen LogP contribution in [0.25, 0.3) is 15.9 Å². The van der Waals surface area contributed by atoms with Crippen molar-refractivity contribution in [2.45, 2.75) is 13.3 Å². The van der Waals surface area contributed by atoms with Gasteiger partial charge in [-0.2, -0.15) is 0 Å². The Hall–Kier alpha value is -1.65. The van der Waals surface area contributed by atoms with Gasteiger partial charge in [0.15, 0.2) is 0 Å². The predicted octanol–water partition coefficient (Wildman–Crippen LogP) is 3.66.